The van der Waals surface area contributed by atoms with Crippen LogP contribution in [-0.4, -0.2) is 48.2 Å². The van der Waals surface area contributed by atoms with Crippen molar-refractivity contribution in [2.45, 2.75) is 31.7 Å². The molecule has 0 saturated carbocycles. The van der Waals surface area contributed by atoms with Gasteiger partial charge in [-0.25, -0.2) is 0 Å². The summed E-state index contributed by atoms with van der Waals surface area (Å²) < 4.78 is 0. The number of carbonyl (C=O) groups is 1. The van der Waals surface area contributed by atoms with Gasteiger partial charge in [-0.1, -0.05) is 18.8 Å². The Kier molecular flexibility index (Phi) is 5.91. The normalized spacial score (nSPS) is 22.1. The van der Waals surface area contributed by atoms with Crippen molar-refractivity contribution in [3.63, 3.8) is 0 Å². The van der Waals surface area contributed by atoms with E-state index >= 15 is 0 Å². The standard InChI is InChI=1S/C12H20N2O2/c1-2-7-13-12(16)9-14-8-5-3-4-6-11(14)10-15/h1,11,15H,3-10H2,(H,13,16). The van der Waals surface area contributed by atoms with Crippen molar-refractivity contribution >= 4 is 5.91 Å². The van der Waals surface area contributed by atoms with Crippen LogP contribution in [0.1, 0.15) is 25.7 Å². The predicted octanol–water partition coefficient (Wildman–Crippen LogP) is -0.0273. The predicted molar refractivity (Wildman–Crippen MR) is 62.8 cm³/mol. The zero-order valence-corrected chi connectivity index (χ0v) is 9.61. The molecule has 0 radical (unpaired) electrons. The van der Waals surface area contributed by atoms with Gasteiger partial charge in [-0.15, -0.1) is 6.42 Å². The average Bonchev–Trinajstić information content (AvgIpc) is 2.51. The van der Waals surface area contributed by atoms with Gasteiger partial charge in [-0.3, -0.25) is 9.69 Å². The van der Waals surface area contributed by atoms with Crippen LogP contribution in [0.2, 0.25) is 0 Å². The molecule has 0 aromatic carbocycles. The van der Waals surface area contributed by atoms with Gasteiger partial charge in [0.15, 0.2) is 0 Å². The molecular weight excluding hydrogens is 204 g/mol. The minimum Gasteiger partial charge on any atom is -0.395 e. The third kappa shape index (κ3) is 4.21. The smallest absolute Gasteiger partial charge is 0.234 e. The van der Waals surface area contributed by atoms with Crippen molar-refractivity contribution in [2.24, 2.45) is 0 Å². The van der Waals surface area contributed by atoms with Crippen LogP contribution in [0.15, 0.2) is 0 Å². The fourth-order valence-corrected chi connectivity index (χ4v) is 2.04. The quantitative estimate of drug-likeness (QED) is 0.660. The molecule has 0 aliphatic carbocycles. The van der Waals surface area contributed by atoms with Crippen LogP contribution in [0, 0.1) is 12.3 Å². The van der Waals surface area contributed by atoms with E-state index in [9.17, 15) is 9.90 Å². The fraction of sp³-hybridized carbons (Fsp3) is 0.750. The minimum absolute atomic E-state index is 0.0571. The second kappa shape index (κ2) is 7.26. The summed E-state index contributed by atoms with van der Waals surface area (Å²) in [6.45, 7) is 1.63. The molecule has 4 heteroatoms. The Morgan fingerprint density at radius 1 is 1.50 bits per heavy atom. The zero-order valence-electron chi connectivity index (χ0n) is 9.61. The van der Waals surface area contributed by atoms with Gasteiger partial charge in [0.25, 0.3) is 0 Å². The van der Waals surface area contributed by atoms with Crippen molar-refractivity contribution in [2.75, 3.05) is 26.2 Å². The van der Waals surface area contributed by atoms with Crippen molar-refractivity contribution in [3.8, 4) is 12.3 Å². The first-order chi connectivity index (χ1) is 7.77. The molecule has 1 fully saturated rings. The minimum atomic E-state index is -0.0571. The molecule has 1 heterocycles. The molecular formula is C12H20N2O2. The van der Waals surface area contributed by atoms with Crippen LogP contribution in [-0.2, 0) is 4.79 Å². The Balaban J connectivity index is 2.42. The molecule has 1 saturated heterocycles. The second-order valence-corrected chi connectivity index (χ2v) is 4.14. The molecule has 0 bridgehead atoms. The molecule has 0 aromatic rings. The van der Waals surface area contributed by atoms with Crippen molar-refractivity contribution in [3.05, 3.63) is 0 Å². The van der Waals surface area contributed by atoms with Gasteiger partial charge >= 0.3 is 0 Å². The van der Waals surface area contributed by atoms with Gasteiger partial charge in [-0.05, 0) is 19.4 Å². The Labute approximate surface area is 97.0 Å². The molecule has 1 amide bonds. The van der Waals surface area contributed by atoms with Gasteiger partial charge in [0.05, 0.1) is 19.7 Å². The molecule has 1 rings (SSSR count). The van der Waals surface area contributed by atoms with Crippen LogP contribution in [0.25, 0.3) is 0 Å². The van der Waals surface area contributed by atoms with Gasteiger partial charge in [0.1, 0.15) is 0 Å². The number of carbonyl (C=O) groups excluding carboxylic acids is 1. The third-order valence-corrected chi connectivity index (χ3v) is 2.94. The number of terminal acetylenes is 1. The number of hydrogen-bond acceptors (Lipinski definition) is 3. The van der Waals surface area contributed by atoms with Crippen molar-refractivity contribution in [1.29, 1.82) is 0 Å². The summed E-state index contributed by atoms with van der Waals surface area (Å²) in [5.41, 5.74) is 0. The molecule has 1 aliphatic rings. The number of aliphatic hydroxyl groups is 1. The van der Waals surface area contributed by atoms with Gasteiger partial charge in [0, 0.05) is 6.04 Å². The highest BCUT2D eigenvalue weighted by molar-refractivity contribution is 5.78. The van der Waals surface area contributed by atoms with E-state index in [4.69, 9.17) is 6.42 Å². The van der Waals surface area contributed by atoms with Crippen molar-refractivity contribution < 1.29 is 9.90 Å². The summed E-state index contributed by atoms with van der Waals surface area (Å²) in [4.78, 5) is 13.6. The van der Waals surface area contributed by atoms with Crippen LogP contribution < -0.4 is 5.32 Å². The number of nitrogens with one attached hydrogen (secondary N) is 1. The van der Waals surface area contributed by atoms with E-state index in [0.29, 0.717) is 6.54 Å². The molecule has 1 atom stereocenters. The molecule has 2 N–H and O–H groups in total. The number of amides is 1. The molecule has 0 spiro atoms. The first-order valence-electron chi connectivity index (χ1n) is 5.83. The van der Waals surface area contributed by atoms with Crippen LogP contribution in [0.3, 0.4) is 0 Å². The molecule has 16 heavy (non-hydrogen) atoms. The van der Waals surface area contributed by atoms with Crippen molar-refractivity contribution in [1.82, 2.24) is 10.2 Å². The number of aliphatic hydroxyl groups excluding tert-OH is 1. The summed E-state index contributed by atoms with van der Waals surface area (Å²) in [6.07, 6.45) is 9.45. The Bertz CT molecular complexity index is 260. The van der Waals surface area contributed by atoms with Gasteiger partial charge < -0.3 is 10.4 Å². The van der Waals surface area contributed by atoms with Gasteiger partial charge in [0.2, 0.25) is 5.91 Å². The SMILES string of the molecule is C#CCNC(=O)CN1CCCCCC1CO. The van der Waals surface area contributed by atoms with Gasteiger partial charge in [-0.2, -0.15) is 0 Å². The first kappa shape index (κ1) is 13.0. The van der Waals surface area contributed by atoms with E-state index in [1.807, 2.05) is 0 Å². The maximum atomic E-state index is 11.5. The van der Waals surface area contributed by atoms with E-state index in [2.05, 4.69) is 16.1 Å². The molecule has 1 aliphatic heterocycles. The zero-order chi connectivity index (χ0) is 11.8. The van der Waals surface area contributed by atoms with E-state index < -0.39 is 0 Å². The molecule has 90 valence electrons. The number of hydrogen-bond donors (Lipinski definition) is 2. The van der Waals surface area contributed by atoms with E-state index in [0.717, 1.165) is 25.8 Å². The number of nitrogens with zero attached hydrogens (tertiary/aromatic N) is 1. The summed E-state index contributed by atoms with van der Waals surface area (Å²) in [5.74, 6) is 2.32. The number of rotatable bonds is 4. The summed E-state index contributed by atoms with van der Waals surface area (Å²) in [7, 11) is 0. The van der Waals surface area contributed by atoms with E-state index in [1.54, 1.807) is 0 Å². The Morgan fingerprint density at radius 2 is 2.31 bits per heavy atom. The lowest BCUT2D eigenvalue weighted by Crippen LogP contribution is -2.44. The molecule has 0 aromatic heterocycles. The lowest BCUT2D eigenvalue weighted by atomic mass is 10.1. The molecule has 1 unspecified atom stereocenters. The third-order valence-electron chi connectivity index (χ3n) is 2.94. The second-order valence-electron chi connectivity index (χ2n) is 4.14. The first-order valence-corrected chi connectivity index (χ1v) is 5.83. The average molecular weight is 224 g/mol. The monoisotopic (exact) mass is 224 g/mol. The maximum absolute atomic E-state index is 11.5. The molecule has 4 nitrogen and oxygen atoms in total. The highest BCUT2D eigenvalue weighted by atomic mass is 16.3. The van der Waals surface area contributed by atoms with Crippen LogP contribution in [0.5, 0.6) is 0 Å². The van der Waals surface area contributed by atoms with Crippen LogP contribution >= 0.6 is 0 Å². The Hall–Kier alpha value is -1.05. The summed E-state index contributed by atoms with van der Waals surface area (Å²) in [5, 5.41) is 11.9. The summed E-state index contributed by atoms with van der Waals surface area (Å²) >= 11 is 0. The largest absolute Gasteiger partial charge is 0.395 e. The maximum Gasteiger partial charge on any atom is 0.234 e. The highest BCUT2D eigenvalue weighted by Gasteiger charge is 2.21. The summed E-state index contributed by atoms with van der Waals surface area (Å²) in [6, 6.07) is 0.124. The van der Waals surface area contributed by atoms with E-state index in [-0.39, 0.29) is 25.1 Å². The topological polar surface area (TPSA) is 52.6 Å². The Morgan fingerprint density at radius 3 is 3.00 bits per heavy atom. The van der Waals surface area contributed by atoms with Crippen LogP contribution in [0.4, 0.5) is 0 Å². The number of likely N-dealkylation sites (tertiary alicyclic amines) is 1. The van der Waals surface area contributed by atoms with E-state index in [1.165, 1.54) is 6.42 Å². The highest BCUT2D eigenvalue weighted by Crippen LogP contribution is 2.15. The lowest BCUT2D eigenvalue weighted by molar-refractivity contribution is -0.122. The lowest BCUT2D eigenvalue weighted by Gasteiger charge is -2.27. The fourth-order valence-electron chi connectivity index (χ4n) is 2.04.